The van der Waals surface area contributed by atoms with E-state index in [2.05, 4.69) is 15.3 Å². The fraction of sp³-hybridized carbons (Fsp3) is 0.231. The van der Waals surface area contributed by atoms with Crippen LogP contribution in [0.1, 0.15) is 5.56 Å². The van der Waals surface area contributed by atoms with Crippen molar-refractivity contribution in [2.45, 2.75) is 6.42 Å². The van der Waals surface area contributed by atoms with Crippen molar-refractivity contribution in [3.05, 3.63) is 36.0 Å². The number of fused-ring (bicyclic) bond motifs is 1. The lowest BCUT2D eigenvalue weighted by Gasteiger charge is -2.20. The molecule has 0 radical (unpaired) electrons. The zero-order chi connectivity index (χ0) is 15.0. The fourth-order valence-corrected chi connectivity index (χ4v) is 3.41. The second kappa shape index (κ2) is 4.88. The molecule has 0 bridgehead atoms. The first-order valence-corrected chi connectivity index (χ1v) is 8.25. The van der Waals surface area contributed by atoms with Crippen LogP contribution < -0.4 is 15.4 Å². The van der Waals surface area contributed by atoms with Gasteiger partial charge in [0.05, 0.1) is 17.6 Å². The van der Waals surface area contributed by atoms with Crippen LogP contribution in [-0.2, 0) is 16.4 Å². The maximum absolute atomic E-state index is 11.9. The number of nitrogen functional groups attached to an aromatic ring is 1. The quantitative estimate of drug-likeness (QED) is 0.881. The Balaban J connectivity index is 2.03. The Kier molecular flexibility index (Phi) is 3.17. The van der Waals surface area contributed by atoms with Crippen LogP contribution >= 0.6 is 0 Å². The van der Waals surface area contributed by atoms with Crippen LogP contribution in [0.3, 0.4) is 0 Å². The predicted octanol–water partition coefficient (Wildman–Crippen LogP) is 1.12. The van der Waals surface area contributed by atoms with E-state index >= 15 is 0 Å². The molecule has 0 aliphatic carbocycles. The van der Waals surface area contributed by atoms with E-state index in [-0.39, 0.29) is 5.95 Å². The van der Waals surface area contributed by atoms with Gasteiger partial charge < -0.3 is 11.1 Å². The van der Waals surface area contributed by atoms with Crippen LogP contribution in [0.25, 0.3) is 0 Å². The summed E-state index contributed by atoms with van der Waals surface area (Å²) in [5, 5.41) is 3.11. The van der Waals surface area contributed by atoms with Crippen molar-refractivity contribution < 1.29 is 8.42 Å². The smallest absolute Gasteiger partial charge is 0.232 e. The number of hydrogen-bond acceptors (Lipinski definition) is 6. The third-order valence-electron chi connectivity index (χ3n) is 3.29. The summed E-state index contributed by atoms with van der Waals surface area (Å²) >= 11 is 0. The number of benzene rings is 1. The Bertz CT molecular complexity index is 791. The molecular formula is C13H15N5O2S. The molecule has 1 aromatic carbocycles. The van der Waals surface area contributed by atoms with Crippen molar-refractivity contribution in [2.24, 2.45) is 0 Å². The molecule has 0 atom stereocenters. The third-order valence-corrected chi connectivity index (χ3v) is 4.46. The highest BCUT2D eigenvalue weighted by Gasteiger charge is 2.28. The topological polar surface area (TPSA) is 101 Å². The Labute approximate surface area is 122 Å². The normalized spacial score (nSPS) is 14.0. The molecular weight excluding hydrogens is 290 g/mol. The van der Waals surface area contributed by atoms with E-state index in [0.29, 0.717) is 30.2 Å². The summed E-state index contributed by atoms with van der Waals surface area (Å²) in [6.07, 6.45) is 3.45. The second-order valence-corrected chi connectivity index (χ2v) is 6.73. The predicted molar refractivity (Wildman–Crippen MR) is 82.1 cm³/mol. The van der Waals surface area contributed by atoms with Crippen molar-refractivity contribution in [3.8, 4) is 0 Å². The molecule has 110 valence electrons. The number of hydrogen-bond donors (Lipinski definition) is 2. The number of aromatic nitrogens is 2. The van der Waals surface area contributed by atoms with Crippen LogP contribution in [0.2, 0.25) is 0 Å². The zero-order valence-electron chi connectivity index (χ0n) is 11.4. The van der Waals surface area contributed by atoms with Gasteiger partial charge in [-0.3, -0.25) is 4.31 Å². The minimum Gasteiger partial charge on any atom is -0.368 e. The van der Waals surface area contributed by atoms with Crippen molar-refractivity contribution in [2.75, 3.05) is 28.2 Å². The minimum absolute atomic E-state index is 0.160. The van der Waals surface area contributed by atoms with E-state index in [4.69, 9.17) is 5.73 Å². The number of nitrogens with zero attached hydrogens (tertiary/aromatic N) is 3. The monoisotopic (exact) mass is 305 g/mol. The van der Waals surface area contributed by atoms with Crippen LogP contribution in [0.4, 0.5) is 23.1 Å². The number of nitrogens with one attached hydrogen (secondary N) is 1. The summed E-state index contributed by atoms with van der Waals surface area (Å²) in [4.78, 5) is 7.90. The van der Waals surface area contributed by atoms with Gasteiger partial charge >= 0.3 is 0 Å². The van der Waals surface area contributed by atoms with E-state index in [0.717, 1.165) is 5.56 Å². The summed E-state index contributed by atoms with van der Waals surface area (Å²) < 4.78 is 25.2. The van der Waals surface area contributed by atoms with Gasteiger partial charge in [-0.05, 0) is 24.1 Å². The molecule has 0 saturated carbocycles. The Hall–Kier alpha value is -2.35. The molecule has 7 nitrogen and oxygen atoms in total. The Morgan fingerprint density at radius 1 is 1.33 bits per heavy atom. The van der Waals surface area contributed by atoms with Crippen LogP contribution in [-0.4, -0.2) is 31.2 Å². The summed E-state index contributed by atoms with van der Waals surface area (Å²) in [5.41, 5.74) is 7.91. The van der Waals surface area contributed by atoms with E-state index in [1.807, 2.05) is 18.2 Å². The number of rotatable bonds is 3. The van der Waals surface area contributed by atoms with Crippen molar-refractivity contribution in [1.29, 1.82) is 0 Å². The van der Waals surface area contributed by atoms with Gasteiger partial charge in [0, 0.05) is 12.7 Å². The lowest BCUT2D eigenvalue weighted by Crippen LogP contribution is -2.28. The lowest BCUT2D eigenvalue weighted by atomic mass is 10.1. The SMILES string of the molecule is CS(=O)(=O)N1CCc2cccc(Nc3ccnc(N)n3)c21. The molecule has 0 unspecified atom stereocenters. The van der Waals surface area contributed by atoms with Gasteiger partial charge in [0.2, 0.25) is 16.0 Å². The first-order chi connectivity index (χ1) is 9.95. The van der Waals surface area contributed by atoms with Crippen LogP contribution in [0.15, 0.2) is 30.5 Å². The number of para-hydroxylation sites is 1. The number of nitrogens with two attached hydrogens (primary N) is 1. The standard InChI is InChI=1S/C13H15N5O2S/c1-21(19,20)18-8-6-9-3-2-4-10(12(9)18)16-11-5-7-15-13(14)17-11/h2-5,7H,6,8H2,1H3,(H3,14,15,16,17). The first-order valence-electron chi connectivity index (χ1n) is 6.40. The maximum atomic E-state index is 11.9. The Morgan fingerprint density at radius 2 is 2.14 bits per heavy atom. The van der Waals surface area contributed by atoms with E-state index in [9.17, 15) is 8.42 Å². The summed E-state index contributed by atoms with van der Waals surface area (Å²) in [6.45, 7) is 0.457. The average molecular weight is 305 g/mol. The largest absolute Gasteiger partial charge is 0.368 e. The van der Waals surface area contributed by atoms with Gasteiger partial charge in [-0.2, -0.15) is 4.98 Å². The molecule has 3 rings (SSSR count). The molecule has 2 heterocycles. The molecule has 1 aromatic heterocycles. The maximum Gasteiger partial charge on any atom is 0.232 e. The molecule has 3 N–H and O–H groups in total. The van der Waals surface area contributed by atoms with E-state index in [1.54, 1.807) is 12.3 Å². The van der Waals surface area contributed by atoms with E-state index in [1.165, 1.54) is 10.6 Å². The molecule has 8 heteroatoms. The molecule has 1 aliphatic rings. The molecule has 2 aromatic rings. The highest BCUT2D eigenvalue weighted by Crippen LogP contribution is 2.38. The Morgan fingerprint density at radius 3 is 2.86 bits per heavy atom. The van der Waals surface area contributed by atoms with Gasteiger partial charge in [-0.1, -0.05) is 12.1 Å². The average Bonchev–Trinajstić information content (AvgIpc) is 2.83. The molecule has 0 saturated heterocycles. The second-order valence-electron chi connectivity index (χ2n) is 4.82. The van der Waals surface area contributed by atoms with Gasteiger partial charge in [0.15, 0.2) is 0 Å². The molecule has 0 fully saturated rings. The van der Waals surface area contributed by atoms with Crippen molar-refractivity contribution in [3.63, 3.8) is 0 Å². The first kappa shape index (κ1) is 13.6. The van der Waals surface area contributed by atoms with Gasteiger partial charge in [0.1, 0.15) is 5.82 Å². The van der Waals surface area contributed by atoms with Crippen LogP contribution in [0, 0.1) is 0 Å². The summed E-state index contributed by atoms with van der Waals surface area (Å²) in [6, 6.07) is 7.31. The van der Waals surface area contributed by atoms with Crippen molar-refractivity contribution >= 4 is 33.2 Å². The molecule has 0 amide bonds. The number of anilines is 4. The lowest BCUT2D eigenvalue weighted by molar-refractivity contribution is 0.598. The number of sulfonamides is 1. The molecule has 0 spiro atoms. The van der Waals surface area contributed by atoms with Gasteiger partial charge in [0.25, 0.3) is 0 Å². The summed E-state index contributed by atoms with van der Waals surface area (Å²) in [5.74, 6) is 0.684. The van der Waals surface area contributed by atoms with Gasteiger partial charge in [-0.15, -0.1) is 0 Å². The van der Waals surface area contributed by atoms with Crippen LogP contribution in [0.5, 0.6) is 0 Å². The summed E-state index contributed by atoms with van der Waals surface area (Å²) in [7, 11) is -3.30. The van der Waals surface area contributed by atoms with Crippen molar-refractivity contribution in [1.82, 2.24) is 9.97 Å². The highest BCUT2D eigenvalue weighted by atomic mass is 32.2. The van der Waals surface area contributed by atoms with Gasteiger partial charge in [-0.25, -0.2) is 13.4 Å². The highest BCUT2D eigenvalue weighted by molar-refractivity contribution is 7.92. The fourth-order valence-electron chi connectivity index (χ4n) is 2.44. The zero-order valence-corrected chi connectivity index (χ0v) is 12.3. The van der Waals surface area contributed by atoms with E-state index < -0.39 is 10.0 Å². The minimum atomic E-state index is -3.30. The third kappa shape index (κ3) is 2.62. The molecule has 1 aliphatic heterocycles. The molecule has 21 heavy (non-hydrogen) atoms.